The van der Waals surface area contributed by atoms with E-state index in [9.17, 15) is 14.4 Å². The van der Waals surface area contributed by atoms with E-state index in [0.717, 1.165) is 0 Å². The Morgan fingerprint density at radius 2 is 2.00 bits per heavy atom. The van der Waals surface area contributed by atoms with Gasteiger partial charge in [0.15, 0.2) is 11.5 Å². The van der Waals surface area contributed by atoms with E-state index in [2.05, 4.69) is 10.6 Å². The Hall–Kier alpha value is -2.81. The average Bonchev–Trinajstić information content (AvgIpc) is 2.99. The Morgan fingerprint density at radius 1 is 1.28 bits per heavy atom. The fraction of sp³-hybridized carbons (Fsp3) is 0.438. The minimum Gasteiger partial charge on any atom is -0.481 e. The first kappa shape index (κ1) is 18.5. The normalized spacial score (nSPS) is 14.5. The zero-order chi connectivity index (χ0) is 18.4. The molecule has 9 heteroatoms. The molecule has 9 nitrogen and oxygen atoms in total. The lowest BCUT2D eigenvalue weighted by Crippen LogP contribution is -2.53. The first-order valence-electron chi connectivity index (χ1n) is 7.52. The second-order valence-electron chi connectivity index (χ2n) is 5.86. The third-order valence-corrected chi connectivity index (χ3v) is 3.49. The molecule has 1 aromatic rings. The van der Waals surface area contributed by atoms with Gasteiger partial charge in [-0.1, -0.05) is 0 Å². The number of carbonyl (C=O) groups is 3. The van der Waals surface area contributed by atoms with Gasteiger partial charge in [0, 0.05) is 12.7 Å². The van der Waals surface area contributed by atoms with Crippen molar-refractivity contribution in [3.63, 3.8) is 0 Å². The molecule has 0 aromatic heterocycles. The maximum absolute atomic E-state index is 12.1. The van der Waals surface area contributed by atoms with E-state index in [1.165, 1.54) is 13.2 Å². The summed E-state index contributed by atoms with van der Waals surface area (Å²) in [7, 11) is 1.41. The van der Waals surface area contributed by atoms with Crippen LogP contribution in [0, 0.1) is 0 Å². The number of methoxy groups -OCH3 is 1. The summed E-state index contributed by atoms with van der Waals surface area (Å²) in [5.41, 5.74) is -0.747. The number of carboxylic acids is 1. The molecule has 3 N–H and O–H groups in total. The number of ether oxygens (including phenoxy) is 3. The number of nitrogens with one attached hydrogen (secondary N) is 2. The van der Waals surface area contributed by atoms with Gasteiger partial charge in [-0.05, 0) is 25.1 Å². The summed E-state index contributed by atoms with van der Waals surface area (Å²) >= 11 is 0. The maximum atomic E-state index is 12.1. The highest BCUT2D eigenvalue weighted by molar-refractivity contribution is 5.97. The average molecular weight is 352 g/mol. The van der Waals surface area contributed by atoms with Gasteiger partial charge in [0.25, 0.3) is 5.91 Å². The number of fused-ring (bicyclic) bond motifs is 1. The number of benzene rings is 1. The molecule has 1 atom stereocenters. The van der Waals surface area contributed by atoms with Gasteiger partial charge in [0.1, 0.15) is 0 Å². The molecule has 1 heterocycles. The fourth-order valence-electron chi connectivity index (χ4n) is 2.46. The summed E-state index contributed by atoms with van der Waals surface area (Å²) in [4.78, 5) is 35.0. The number of rotatable bonds is 8. The van der Waals surface area contributed by atoms with Gasteiger partial charge in [-0.25, -0.2) is 0 Å². The molecule has 0 saturated heterocycles. The smallest absolute Gasteiger partial charge is 0.305 e. The lowest BCUT2D eigenvalue weighted by Gasteiger charge is -2.28. The fourth-order valence-corrected chi connectivity index (χ4v) is 2.46. The van der Waals surface area contributed by atoms with Crippen LogP contribution in [-0.4, -0.2) is 55.5 Å². The van der Waals surface area contributed by atoms with Crippen LogP contribution >= 0.6 is 0 Å². The van der Waals surface area contributed by atoms with Crippen molar-refractivity contribution in [2.45, 2.75) is 18.9 Å². The Balaban J connectivity index is 1.90. The van der Waals surface area contributed by atoms with Gasteiger partial charge in [0.05, 0.1) is 25.1 Å². The Kier molecular flexibility index (Phi) is 5.81. The lowest BCUT2D eigenvalue weighted by molar-refractivity contribution is -0.139. The number of hydrogen-bond acceptors (Lipinski definition) is 6. The van der Waals surface area contributed by atoms with E-state index < -0.39 is 23.3 Å². The van der Waals surface area contributed by atoms with Crippen LogP contribution in [0.3, 0.4) is 0 Å². The minimum absolute atomic E-state index is 0.0289. The summed E-state index contributed by atoms with van der Waals surface area (Å²) < 4.78 is 15.3. The van der Waals surface area contributed by atoms with Crippen LogP contribution in [0.15, 0.2) is 18.2 Å². The van der Waals surface area contributed by atoms with Crippen molar-refractivity contribution < 1.29 is 33.7 Å². The van der Waals surface area contributed by atoms with Crippen molar-refractivity contribution in [2.75, 3.05) is 27.1 Å². The van der Waals surface area contributed by atoms with Gasteiger partial charge in [-0.2, -0.15) is 0 Å². The SMILES string of the molecule is COCC(C)(CC(=O)O)NC(=O)CNC(=O)c1ccc2c(c1)OCO2. The Bertz CT molecular complexity index is 676. The molecule has 1 aromatic carbocycles. The molecule has 0 spiro atoms. The second-order valence-corrected chi connectivity index (χ2v) is 5.86. The van der Waals surface area contributed by atoms with E-state index in [-0.39, 0.29) is 26.4 Å². The highest BCUT2D eigenvalue weighted by atomic mass is 16.7. The summed E-state index contributed by atoms with van der Waals surface area (Å²) in [6, 6.07) is 4.69. The molecule has 2 rings (SSSR count). The molecule has 0 fully saturated rings. The number of amides is 2. The zero-order valence-corrected chi connectivity index (χ0v) is 14.0. The van der Waals surface area contributed by atoms with Crippen molar-refractivity contribution in [2.24, 2.45) is 0 Å². The minimum atomic E-state index is -1.07. The molecule has 0 saturated carbocycles. The number of hydrogen-bond donors (Lipinski definition) is 3. The monoisotopic (exact) mass is 352 g/mol. The van der Waals surface area contributed by atoms with Gasteiger partial charge < -0.3 is 30.0 Å². The number of carboxylic acid groups (broad SMARTS) is 1. The molecule has 0 radical (unpaired) electrons. The number of aliphatic carboxylic acids is 1. The first-order chi connectivity index (χ1) is 11.8. The standard InChI is InChI=1S/C16H20N2O7/c1-16(8-23-2,6-14(20)21)18-13(19)7-17-15(22)10-3-4-11-12(5-10)25-9-24-11/h3-5H,6-9H2,1-2H3,(H,17,22)(H,18,19)(H,20,21). The molecule has 136 valence electrons. The topological polar surface area (TPSA) is 123 Å². The third-order valence-electron chi connectivity index (χ3n) is 3.49. The van der Waals surface area contributed by atoms with Crippen molar-refractivity contribution in [3.8, 4) is 11.5 Å². The second kappa shape index (κ2) is 7.84. The molecule has 1 unspecified atom stereocenters. The third kappa shape index (κ3) is 5.08. The maximum Gasteiger partial charge on any atom is 0.305 e. The van der Waals surface area contributed by atoms with Crippen LogP contribution < -0.4 is 20.1 Å². The van der Waals surface area contributed by atoms with Crippen LogP contribution in [0.25, 0.3) is 0 Å². The quantitative estimate of drug-likeness (QED) is 0.608. The van der Waals surface area contributed by atoms with E-state index in [4.69, 9.17) is 19.3 Å². The molecule has 2 amide bonds. The van der Waals surface area contributed by atoms with Gasteiger partial charge in [-0.3, -0.25) is 14.4 Å². The summed E-state index contributed by atoms with van der Waals surface area (Å²) in [6.45, 7) is 1.39. The van der Waals surface area contributed by atoms with E-state index in [0.29, 0.717) is 17.1 Å². The first-order valence-corrected chi connectivity index (χ1v) is 7.52. The van der Waals surface area contributed by atoms with Crippen molar-refractivity contribution in [3.05, 3.63) is 23.8 Å². The molecule has 1 aliphatic heterocycles. The van der Waals surface area contributed by atoms with E-state index in [1.54, 1.807) is 19.1 Å². The Morgan fingerprint density at radius 3 is 2.68 bits per heavy atom. The molecular weight excluding hydrogens is 332 g/mol. The van der Waals surface area contributed by atoms with Crippen molar-refractivity contribution in [1.29, 1.82) is 0 Å². The van der Waals surface area contributed by atoms with Gasteiger partial charge in [0.2, 0.25) is 12.7 Å². The van der Waals surface area contributed by atoms with E-state index >= 15 is 0 Å². The molecule has 0 bridgehead atoms. The van der Waals surface area contributed by atoms with Crippen molar-refractivity contribution >= 4 is 17.8 Å². The molecular formula is C16H20N2O7. The van der Waals surface area contributed by atoms with E-state index in [1.807, 2.05) is 0 Å². The highest BCUT2D eigenvalue weighted by Crippen LogP contribution is 2.32. The van der Waals surface area contributed by atoms with Crippen LogP contribution in [0.5, 0.6) is 11.5 Å². The molecule has 0 aliphatic carbocycles. The lowest BCUT2D eigenvalue weighted by atomic mass is 9.99. The van der Waals surface area contributed by atoms with Crippen LogP contribution in [0.1, 0.15) is 23.7 Å². The molecule has 25 heavy (non-hydrogen) atoms. The van der Waals surface area contributed by atoms with Gasteiger partial charge in [-0.15, -0.1) is 0 Å². The predicted octanol–water partition coefficient (Wildman–Crippen LogP) is 0.141. The summed E-state index contributed by atoms with van der Waals surface area (Å²) in [5.74, 6) is -1.02. The zero-order valence-electron chi connectivity index (χ0n) is 14.0. The largest absolute Gasteiger partial charge is 0.481 e. The molecule has 1 aliphatic rings. The van der Waals surface area contributed by atoms with Crippen LogP contribution in [0.2, 0.25) is 0 Å². The predicted molar refractivity (Wildman–Crippen MR) is 85.6 cm³/mol. The van der Waals surface area contributed by atoms with Gasteiger partial charge >= 0.3 is 5.97 Å². The van der Waals surface area contributed by atoms with Crippen LogP contribution in [-0.2, 0) is 14.3 Å². The summed E-state index contributed by atoms with van der Waals surface area (Å²) in [5, 5.41) is 14.0. The van der Waals surface area contributed by atoms with Crippen LogP contribution in [0.4, 0.5) is 0 Å². The Labute approximate surface area is 144 Å². The highest BCUT2D eigenvalue weighted by Gasteiger charge is 2.29. The number of carbonyl (C=O) groups excluding carboxylic acids is 2. The summed E-state index contributed by atoms with van der Waals surface area (Å²) in [6.07, 6.45) is -0.303. The van der Waals surface area contributed by atoms with Crippen molar-refractivity contribution in [1.82, 2.24) is 10.6 Å².